The highest BCUT2D eigenvalue weighted by atomic mass is 19.4. The molecule has 0 saturated heterocycles. The first-order chi connectivity index (χ1) is 9.49. The summed E-state index contributed by atoms with van der Waals surface area (Å²) in [5, 5.41) is 7.51. The Morgan fingerprint density at radius 1 is 1.15 bits per heavy atom. The second-order valence-electron chi connectivity index (χ2n) is 4.48. The third-order valence-electron chi connectivity index (χ3n) is 2.88. The number of alkyl halides is 3. The van der Waals surface area contributed by atoms with E-state index in [4.69, 9.17) is 0 Å². The standard InChI is InChI=1S/C14H16F3N3/c1-2-18-9-13-7-8-20(19-13)10-11-3-5-12(6-4-11)14(15,16)17/h3-8,18H,2,9-10H2,1H3. The Morgan fingerprint density at radius 2 is 1.85 bits per heavy atom. The third kappa shape index (κ3) is 3.84. The highest BCUT2D eigenvalue weighted by Gasteiger charge is 2.29. The number of halogens is 3. The molecule has 108 valence electrons. The van der Waals surface area contributed by atoms with Gasteiger partial charge in [-0.15, -0.1) is 0 Å². The maximum absolute atomic E-state index is 12.4. The number of aromatic nitrogens is 2. The molecule has 0 atom stereocenters. The summed E-state index contributed by atoms with van der Waals surface area (Å²) in [6.07, 6.45) is -2.46. The van der Waals surface area contributed by atoms with Crippen LogP contribution >= 0.6 is 0 Å². The van der Waals surface area contributed by atoms with Crippen molar-refractivity contribution in [1.82, 2.24) is 15.1 Å². The van der Waals surface area contributed by atoms with Gasteiger partial charge >= 0.3 is 6.18 Å². The highest BCUT2D eigenvalue weighted by Crippen LogP contribution is 2.29. The van der Waals surface area contributed by atoms with E-state index in [1.165, 1.54) is 12.1 Å². The lowest BCUT2D eigenvalue weighted by molar-refractivity contribution is -0.137. The summed E-state index contributed by atoms with van der Waals surface area (Å²) in [5.74, 6) is 0. The topological polar surface area (TPSA) is 29.9 Å². The van der Waals surface area contributed by atoms with Crippen LogP contribution in [0.15, 0.2) is 36.5 Å². The van der Waals surface area contributed by atoms with Gasteiger partial charge in [0.2, 0.25) is 0 Å². The van der Waals surface area contributed by atoms with Crippen molar-refractivity contribution in [3.05, 3.63) is 53.3 Å². The van der Waals surface area contributed by atoms with E-state index in [2.05, 4.69) is 10.4 Å². The molecule has 0 aliphatic heterocycles. The average molecular weight is 283 g/mol. The van der Waals surface area contributed by atoms with Crippen molar-refractivity contribution in [2.75, 3.05) is 6.54 Å². The van der Waals surface area contributed by atoms with Gasteiger partial charge in [-0.25, -0.2) is 0 Å². The zero-order chi connectivity index (χ0) is 14.6. The molecule has 0 saturated carbocycles. The van der Waals surface area contributed by atoms with Crippen LogP contribution in [-0.4, -0.2) is 16.3 Å². The van der Waals surface area contributed by atoms with Gasteiger partial charge in [-0.2, -0.15) is 18.3 Å². The molecule has 1 aromatic heterocycles. The molecular formula is C14H16F3N3. The molecule has 0 spiro atoms. The second kappa shape index (κ2) is 6.09. The van der Waals surface area contributed by atoms with Crippen LogP contribution in [-0.2, 0) is 19.3 Å². The van der Waals surface area contributed by atoms with Gasteiger partial charge in [0.05, 0.1) is 17.8 Å². The van der Waals surface area contributed by atoms with E-state index in [9.17, 15) is 13.2 Å². The van der Waals surface area contributed by atoms with Crippen LogP contribution in [0, 0.1) is 0 Å². The van der Waals surface area contributed by atoms with Crippen LogP contribution < -0.4 is 5.32 Å². The van der Waals surface area contributed by atoms with Crippen LogP contribution in [0.4, 0.5) is 13.2 Å². The van der Waals surface area contributed by atoms with Crippen molar-refractivity contribution in [2.24, 2.45) is 0 Å². The lowest BCUT2D eigenvalue weighted by Gasteiger charge is -2.07. The fourth-order valence-electron chi connectivity index (χ4n) is 1.83. The molecule has 1 heterocycles. The molecule has 0 amide bonds. The zero-order valence-corrected chi connectivity index (χ0v) is 11.1. The van der Waals surface area contributed by atoms with Gasteiger partial charge in [0.25, 0.3) is 0 Å². The molecule has 20 heavy (non-hydrogen) atoms. The minimum Gasteiger partial charge on any atom is -0.311 e. The molecule has 3 nitrogen and oxygen atoms in total. The van der Waals surface area contributed by atoms with E-state index in [1.807, 2.05) is 19.2 Å². The molecule has 0 radical (unpaired) electrons. The van der Waals surface area contributed by atoms with Gasteiger partial charge in [-0.1, -0.05) is 19.1 Å². The van der Waals surface area contributed by atoms with Gasteiger partial charge < -0.3 is 5.32 Å². The molecule has 0 aliphatic rings. The van der Waals surface area contributed by atoms with Crippen LogP contribution in [0.1, 0.15) is 23.7 Å². The summed E-state index contributed by atoms with van der Waals surface area (Å²) in [7, 11) is 0. The van der Waals surface area contributed by atoms with Crippen molar-refractivity contribution in [3.63, 3.8) is 0 Å². The Labute approximate surface area is 115 Å². The van der Waals surface area contributed by atoms with Crippen LogP contribution in [0.5, 0.6) is 0 Å². The van der Waals surface area contributed by atoms with E-state index in [-0.39, 0.29) is 0 Å². The minimum absolute atomic E-state index is 0.463. The highest BCUT2D eigenvalue weighted by molar-refractivity contribution is 5.24. The normalized spacial score (nSPS) is 11.8. The second-order valence-corrected chi connectivity index (χ2v) is 4.48. The predicted molar refractivity (Wildman–Crippen MR) is 70.2 cm³/mol. The monoisotopic (exact) mass is 283 g/mol. The van der Waals surface area contributed by atoms with Gasteiger partial charge in [-0.05, 0) is 30.3 Å². The molecule has 6 heteroatoms. The predicted octanol–water partition coefficient (Wildman–Crippen LogP) is 3.06. The van der Waals surface area contributed by atoms with E-state index < -0.39 is 11.7 Å². The third-order valence-corrected chi connectivity index (χ3v) is 2.88. The van der Waals surface area contributed by atoms with Crippen molar-refractivity contribution in [2.45, 2.75) is 26.2 Å². The lowest BCUT2D eigenvalue weighted by atomic mass is 10.1. The number of benzene rings is 1. The molecule has 0 unspecified atom stereocenters. The summed E-state index contributed by atoms with van der Waals surface area (Å²) in [4.78, 5) is 0. The fraction of sp³-hybridized carbons (Fsp3) is 0.357. The molecule has 0 bridgehead atoms. The molecule has 2 rings (SSSR count). The van der Waals surface area contributed by atoms with Crippen molar-refractivity contribution in [3.8, 4) is 0 Å². The number of rotatable bonds is 5. The summed E-state index contributed by atoms with van der Waals surface area (Å²) in [6, 6.07) is 7.05. The van der Waals surface area contributed by atoms with Gasteiger partial charge in [0, 0.05) is 12.7 Å². The number of hydrogen-bond donors (Lipinski definition) is 1. The SMILES string of the molecule is CCNCc1ccn(Cc2ccc(C(F)(F)F)cc2)n1. The average Bonchev–Trinajstić information content (AvgIpc) is 2.83. The van der Waals surface area contributed by atoms with E-state index >= 15 is 0 Å². The lowest BCUT2D eigenvalue weighted by Crippen LogP contribution is -2.12. The number of nitrogens with zero attached hydrogens (tertiary/aromatic N) is 2. The largest absolute Gasteiger partial charge is 0.416 e. The fourth-order valence-corrected chi connectivity index (χ4v) is 1.83. The number of nitrogens with one attached hydrogen (secondary N) is 1. The molecule has 0 aliphatic carbocycles. The van der Waals surface area contributed by atoms with Gasteiger partial charge in [-0.3, -0.25) is 4.68 Å². The Morgan fingerprint density at radius 3 is 2.45 bits per heavy atom. The van der Waals surface area contributed by atoms with E-state index in [0.717, 1.165) is 29.9 Å². The first-order valence-electron chi connectivity index (χ1n) is 6.38. The minimum atomic E-state index is -4.29. The Balaban J connectivity index is 2.01. The Kier molecular flexibility index (Phi) is 4.44. The van der Waals surface area contributed by atoms with Gasteiger partial charge in [0.15, 0.2) is 0 Å². The summed E-state index contributed by atoms with van der Waals surface area (Å²) in [5.41, 5.74) is 1.07. The maximum Gasteiger partial charge on any atom is 0.416 e. The van der Waals surface area contributed by atoms with Crippen molar-refractivity contribution in [1.29, 1.82) is 0 Å². The Bertz CT molecular complexity index is 544. The summed E-state index contributed by atoms with van der Waals surface area (Å²) >= 11 is 0. The molecule has 2 aromatic rings. The summed E-state index contributed by atoms with van der Waals surface area (Å²) < 4.78 is 39.0. The zero-order valence-electron chi connectivity index (χ0n) is 11.1. The van der Waals surface area contributed by atoms with Crippen LogP contribution in [0.25, 0.3) is 0 Å². The van der Waals surface area contributed by atoms with Crippen molar-refractivity contribution < 1.29 is 13.2 Å². The van der Waals surface area contributed by atoms with Crippen LogP contribution in [0.2, 0.25) is 0 Å². The quantitative estimate of drug-likeness (QED) is 0.914. The first-order valence-corrected chi connectivity index (χ1v) is 6.38. The van der Waals surface area contributed by atoms with E-state index in [0.29, 0.717) is 13.1 Å². The van der Waals surface area contributed by atoms with Gasteiger partial charge in [0.1, 0.15) is 0 Å². The maximum atomic E-state index is 12.4. The smallest absolute Gasteiger partial charge is 0.311 e. The molecule has 1 aromatic carbocycles. The summed E-state index contributed by atoms with van der Waals surface area (Å²) in [6.45, 7) is 4.03. The van der Waals surface area contributed by atoms with E-state index in [1.54, 1.807) is 4.68 Å². The Hall–Kier alpha value is -1.82. The van der Waals surface area contributed by atoms with Crippen molar-refractivity contribution >= 4 is 0 Å². The van der Waals surface area contributed by atoms with Crippen LogP contribution in [0.3, 0.4) is 0 Å². The molecule has 1 N–H and O–H groups in total. The molecular weight excluding hydrogens is 267 g/mol. The number of hydrogen-bond acceptors (Lipinski definition) is 2. The first kappa shape index (κ1) is 14.6. The molecule has 0 fully saturated rings.